The van der Waals surface area contributed by atoms with Gasteiger partial charge in [-0.3, -0.25) is 4.79 Å². The molecule has 150 valence electrons. The lowest BCUT2D eigenvalue weighted by molar-refractivity contribution is -0.129. The summed E-state index contributed by atoms with van der Waals surface area (Å²) >= 11 is 0. The van der Waals surface area contributed by atoms with Gasteiger partial charge in [-0.2, -0.15) is 4.31 Å². The first kappa shape index (κ1) is 21.4. The molecular formula is C19H28N2O5S. The second-order valence-electron chi connectivity index (χ2n) is 7.18. The maximum absolute atomic E-state index is 12.6. The van der Waals surface area contributed by atoms with Gasteiger partial charge in [0.15, 0.2) is 6.10 Å². The number of sulfonamides is 1. The van der Waals surface area contributed by atoms with Crippen LogP contribution in [-0.4, -0.2) is 49.8 Å². The summed E-state index contributed by atoms with van der Waals surface area (Å²) in [5.74, 6) is -1.06. The van der Waals surface area contributed by atoms with Crippen molar-refractivity contribution in [3.63, 3.8) is 0 Å². The van der Waals surface area contributed by atoms with Crippen LogP contribution in [0.3, 0.4) is 0 Å². The highest BCUT2D eigenvalue weighted by Crippen LogP contribution is 2.19. The number of benzene rings is 1. The van der Waals surface area contributed by atoms with Crippen LogP contribution >= 0.6 is 0 Å². The van der Waals surface area contributed by atoms with Crippen LogP contribution in [0, 0.1) is 0 Å². The van der Waals surface area contributed by atoms with Crippen molar-refractivity contribution in [2.24, 2.45) is 0 Å². The summed E-state index contributed by atoms with van der Waals surface area (Å²) in [6.45, 7) is 5.04. The Morgan fingerprint density at radius 2 is 1.81 bits per heavy atom. The van der Waals surface area contributed by atoms with Gasteiger partial charge < -0.3 is 10.1 Å². The lowest BCUT2D eigenvalue weighted by Gasteiger charge is -2.21. The lowest BCUT2D eigenvalue weighted by Crippen LogP contribution is -2.40. The number of nitrogens with zero attached hydrogens (tertiary/aromatic N) is 1. The van der Waals surface area contributed by atoms with Gasteiger partial charge in [0.05, 0.1) is 10.5 Å². The number of carbonyl (C=O) groups is 2. The molecule has 7 nitrogen and oxygen atoms in total. The van der Waals surface area contributed by atoms with Crippen molar-refractivity contribution in [3.8, 4) is 0 Å². The van der Waals surface area contributed by atoms with E-state index in [1.54, 1.807) is 13.8 Å². The summed E-state index contributed by atoms with van der Waals surface area (Å²) in [7, 11) is -2.22. The normalized spacial score (nSPS) is 16.5. The van der Waals surface area contributed by atoms with E-state index in [4.69, 9.17) is 4.74 Å². The zero-order chi connectivity index (χ0) is 20.2. The van der Waals surface area contributed by atoms with Gasteiger partial charge in [-0.1, -0.05) is 18.9 Å². The molecule has 1 aromatic rings. The molecule has 1 amide bonds. The molecule has 27 heavy (non-hydrogen) atoms. The van der Waals surface area contributed by atoms with E-state index in [0.717, 1.165) is 25.7 Å². The van der Waals surface area contributed by atoms with Crippen LogP contribution in [0.15, 0.2) is 29.2 Å². The van der Waals surface area contributed by atoms with Gasteiger partial charge in [0.2, 0.25) is 10.0 Å². The predicted molar refractivity (Wildman–Crippen MR) is 102 cm³/mol. The van der Waals surface area contributed by atoms with Crippen molar-refractivity contribution >= 4 is 21.9 Å². The van der Waals surface area contributed by atoms with Gasteiger partial charge in [-0.25, -0.2) is 13.2 Å². The molecule has 0 aliphatic heterocycles. The molecule has 1 N–H and O–H groups in total. The van der Waals surface area contributed by atoms with Crippen molar-refractivity contribution < 1.29 is 22.7 Å². The summed E-state index contributed by atoms with van der Waals surface area (Å²) in [5, 5.41) is 2.88. The first-order valence-corrected chi connectivity index (χ1v) is 10.7. The highest BCUT2D eigenvalue weighted by Gasteiger charge is 2.26. The van der Waals surface area contributed by atoms with E-state index in [0.29, 0.717) is 0 Å². The lowest BCUT2D eigenvalue weighted by atomic mass is 10.2. The minimum absolute atomic E-state index is 0.0104. The van der Waals surface area contributed by atoms with Crippen molar-refractivity contribution in [2.75, 3.05) is 7.05 Å². The number of hydrogen-bond donors (Lipinski definition) is 1. The van der Waals surface area contributed by atoms with Crippen molar-refractivity contribution in [3.05, 3.63) is 29.8 Å². The quantitative estimate of drug-likeness (QED) is 0.714. The molecule has 0 radical (unpaired) electrons. The Morgan fingerprint density at radius 3 is 2.41 bits per heavy atom. The highest BCUT2D eigenvalue weighted by atomic mass is 32.2. The number of hydrogen-bond acceptors (Lipinski definition) is 5. The maximum atomic E-state index is 12.6. The summed E-state index contributed by atoms with van der Waals surface area (Å²) in [4.78, 5) is 24.5. The Hall–Kier alpha value is -1.93. The van der Waals surface area contributed by atoms with Crippen LogP contribution in [0.5, 0.6) is 0 Å². The SMILES string of the molecule is CC(C)N(C)S(=O)(=O)c1cccc(C(=O)O[C@H](C)C(=O)NC2CCCC2)c1. The van der Waals surface area contributed by atoms with Gasteiger partial charge in [-0.15, -0.1) is 0 Å². The second-order valence-corrected chi connectivity index (χ2v) is 9.18. The monoisotopic (exact) mass is 396 g/mol. The third kappa shape index (κ3) is 5.29. The molecule has 1 saturated carbocycles. The largest absolute Gasteiger partial charge is 0.449 e. The fourth-order valence-corrected chi connectivity index (χ4v) is 4.31. The molecule has 0 aromatic heterocycles. The molecule has 1 fully saturated rings. The number of ether oxygens (including phenoxy) is 1. The molecule has 8 heteroatoms. The molecule has 0 unspecified atom stereocenters. The van der Waals surface area contributed by atoms with E-state index in [1.165, 1.54) is 42.5 Å². The molecule has 0 saturated heterocycles. The molecule has 1 atom stereocenters. The van der Waals surface area contributed by atoms with Crippen LogP contribution in [0.25, 0.3) is 0 Å². The van der Waals surface area contributed by atoms with Crippen LogP contribution in [0.4, 0.5) is 0 Å². The van der Waals surface area contributed by atoms with Gasteiger partial charge in [0, 0.05) is 19.1 Å². The number of amides is 1. The van der Waals surface area contributed by atoms with E-state index in [2.05, 4.69) is 5.32 Å². The van der Waals surface area contributed by atoms with Gasteiger partial charge in [-0.05, 0) is 51.8 Å². The number of carbonyl (C=O) groups excluding carboxylic acids is 2. The van der Waals surface area contributed by atoms with Crippen LogP contribution in [0.1, 0.15) is 56.8 Å². The molecular weight excluding hydrogens is 368 g/mol. The average Bonchev–Trinajstić information content (AvgIpc) is 3.13. The highest BCUT2D eigenvalue weighted by molar-refractivity contribution is 7.89. The molecule has 2 rings (SSSR count). The fraction of sp³-hybridized carbons (Fsp3) is 0.579. The van der Waals surface area contributed by atoms with Crippen LogP contribution in [0.2, 0.25) is 0 Å². The van der Waals surface area contributed by atoms with E-state index >= 15 is 0 Å². The Morgan fingerprint density at radius 1 is 1.19 bits per heavy atom. The number of esters is 1. The van der Waals surface area contributed by atoms with Crippen molar-refractivity contribution in [1.29, 1.82) is 0 Å². The minimum Gasteiger partial charge on any atom is -0.449 e. The summed E-state index contributed by atoms with van der Waals surface area (Å²) < 4.78 is 31.6. The number of nitrogens with one attached hydrogen (secondary N) is 1. The fourth-order valence-electron chi connectivity index (χ4n) is 2.90. The smallest absolute Gasteiger partial charge is 0.338 e. The van der Waals surface area contributed by atoms with Crippen LogP contribution in [-0.2, 0) is 19.6 Å². The topological polar surface area (TPSA) is 92.8 Å². The second kappa shape index (κ2) is 8.84. The average molecular weight is 397 g/mol. The zero-order valence-corrected chi connectivity index (χ0v) is 17.1. The Kier molecular flexibility index (Phi) is 7.00. The maximum Gasteiger partial charge on any atom is 0.338 e. The zero-order valence-electron chi connectivity index (χ0n) is 16.3. The molecule has 0 bridgehead atoms. The Labute approximate surface area is 161 Å². The van der Waals surface area contributed by atoms with Gasteiger partial charge >= 0.3 is 5.97 Å². The molecule has 0 spiro atoms. The summed E-state index contributed by atoms with van der Waals surface area (Å²) in [6, 6.07) is 5.59. The first-order valence-electron chi connectivity index (χ1n) is 9.22. The molecule has 1 aliphatic rings. The molecule has 1 aliphatic carbocycles. The van der Waals surface area contributed by atoms with Crippen molar-refractivity contribution in [2.45, 2.75) is 69.5 Å². The first-order chi connectivity index (χ1) is 12.6. The third-order valence-corrected chi connectivity index (χ3v) is 6.86. The Bertz CT molecular complexity index is 785. The summed E-state index contributed by atoms with van der Waals surface area (Å²) in [5.41, 5.74) is 0.0914. The van der Waals surface area contributed by atoms with E-state index in [1.807, 2.05) is 0 Å². The van der Waals surface area contributed by atoms with E-state index in [9.17, 15) is 18.0 Å². The minimum atomic E-state index is -3.71. The third-order valence-electron chi connectivity index (χ3n) is 4.83. The predicted octanol–water partition coefficient (Wildman–Crippen LogP) is 2.32. The summed E-state index contributed by atoms with van der Waals surface area (Å²) in [6.07, 6.45) is 3.11. The van der Waals surface area contributed by atoms with E-state index < -0.39 is 22.1 Å². The van der Waals surface area contributed by atoms with Gasteiger partial charge in [0.25, 0.3) is 5.91 Å². The number of rotatable bonds is 7. The molecule has 1 aromatic carbocycles. The molecule has 0 heterocycles. The van der Waals surface area contributed by atoms with Gasteiger partial charge in [0.1, 0.15) is 0 Å². The van der Waals surface area contributed by atoms with Crippen molar-refractivity contribution in [1.82, 2.24) is 9.62 Å². The standard InChI is InChI=1S/C19H28N2O5S/c1-13(2)21(4)27(24,25)17-11-7-8-15(12-17)19(23)26-14(3)18(22)20-16-9-5-6-10-16/h7-8,11-14,16H,5-6,9-10H2,1-4H3,(H,20,22)/t14-/m1/s1. The Balaban J connectivity index is 2.07. The van der Waals surface area contributed by atoms with Crippen LogP contribution < -0.4 is 5.32 Å². The van der Waals surface area contributed by atoms with E-state index in [-0.39, 0.29) is 28.4 Å².